The smallest absolute Gasteiger partial charge is 0.323 e. The van der Waals surface area contributed by atoms with Crippen molar-refractivity contribution in [1.82, 2.24) is 14.7 Å². The number of rotatable bonds is 7. The maximum absolute atomic E-state index is 12.7. The van der Waals surface area contributed by atoms with Gasteiger partial charge in [0.15, 0.2) is 5.69 Å². The van der Waals surface area contributed by atoms with Gasteiger partial charge in [0.05, 0.1) is 14.2 Å². The summed E-state index contributed by atoms with van der Waals surface area (Å²) in [5.74, 6) is -0.430. The van der Waals surface area contributed by atoms with E-state index >= 15 is 0 Å². The summed E-state index contributed by atoms with van der Waals surface area (Å²) in [6, 6.07) is 6.79. The minimum absolute atomic E-state index is 0.0916. The Kier molecular flexibility index (Phi) is 5.63. The number of carboxylic acids is 1. The number of ether oxygens (including phenoxy) is 2. The molecule has 0 aliphatic rings. The minimum Gasteiger partial charge on any atom is -0.497 e. The Morgan fingerprint density at radius 1 is 1.16 bits per heavy atom. The number of methoxy groups -OCH3 is 2. The molecule has 8 heteroatoms. The highest BCUT2D eigenvalue weighted by Gasteiger charge is 2.22. The molecule has 2 aromatic rings. The van der Waals surface area contributed by atoms with Crippen molar-refractivity contribution in [3.8, 4) is 11.5 Å². The van der Waals surface area contributed by atoms with Crippen molar-refractivity contribution in [1.29, 1.82) is 0 Å². The first-order valence-electron chi connectivity index (χ1n) is 7.57. The number of carbonyl (C=O) groups is 2. The first kappa shape index (κ1) is 18.3. The topological polar surface area (TPSA) is 93.9 Å². The van der Waals surface area contributed by atoms with Crippen LogP contribution in [-0.2, 0) is 18.4 Å². The van der Waals surface area contributed by atoms with Crippen molar-refractivity contribution in [2.24, 2.45) is 7.05 Å². The molecule has 1 heterocycles. The summed E-state index contributed by atoms with van der Waals surface area (Å²) in [5, 5.41) is 13.3. The number of hydrogen-bond acceptors (Lipinski definition) is 5. The van der Waals surface area contributed by atoms with Crippen LogP contribution >= 0.6 is 0 Å². The molecule has 25 heavy (non-hydrogen) atoms. The van der Waals surface area contributed by atoms with Crippen molar-refractivity contribution >= 4 is 11.9 Å². The number of carbonyl (C=O) groups excluding carboxylic acids is 1. The molecule has 8 nitrogen and oxygen atoms in total. The van der Waals surface area contributed by atoms with Gasteiger partial charge in [0, 0.05) is 25.4 Å². The molecular formula is C17H21N3O5. The van der Waals surface area contributed by atoms with Gasteiger partial charge in [-0.05, 0) is 30.7 Å². The number of hydrogen-bond donors (Lipinski definition) is 1. The highest BCUT2D eigenvalue weighted by atomic mass is 16.5. The van der Waals surface area contributed by atoms with Crippen molar-refractivity contribution in [3.63, 3.8) is 0 Å². The molecule has 134 valence electrons. The number of amides is 1. The molecule has 0 aliphatic heterocycles. The van der Waals surface area contributed by atoms with Crippen molar-refractivity contribution < 1.29 is 24.2 Å². The summed E-state index contributed by atoms with van der Waals surface area (Å²) < 4.78 is 12.0. The fraction of sp³-hybridized carbons (Fsp3) is 0.353. The van der Waals surface area contributed by atoms with Crippen LogP contribution in [-0.4, -0.2) is 52.4 Å². The van der Waals surface area contributed by atoms with Gasteiger partial charge in [-0.1, -0.05) is 0 Å². The summed E-state index contributed by atoms with van der Waals surface area (Å²) in [6.45, 7) is 1.47. The van der Waals surface area contributed by atoms with E-state index in [4.69, 9.17) is 14.6 Å². The van der Waals surface area contributed by atoms with E-state index in [0.29, 0.717) is 17.1 Å². The molecule has 0 saturated heterocycles. The highest BCUT2D eigenvalue weighted by molar-refractivity contribution is 5.94. The van der Waals surface area contributed by atoms with Gasteiger partial charge in [0.2, 0.25) is 0 Å². The zero-order chi connectivity index (χ0) is 18.6. The van der Waals surface area contributed by atoms with Crippen LogP contribution in [0.15, 0.2) is 24.3 Å². The lowest BCUT2D eigenvalue weighted by Gasteiger charge is -2.20. The van der Waals surface area contributed by atoms with Crippen LogP contribution in [0, 0.1) is 6.92 Å². The molecule has 0 saturated carbocycles. The van der Waals surface area contributed by atoms with Crippen LogP contribution < -0.4 is 9.47 Å². The van der Waals surface area contributed by atoms with Gasteiger partial charge in [0.25, 0.3) is 5.91 Å². The third-order valence-electron chi connectivity index (χ3n) is 3.73. The fourth-order valence-electron chi connectivity index (χ4n) is 2.37. The van der Waals surface area contributed by atoms with Gasteiger partial charge in [-0.15, -0.1) is 0 Å². The zero-order valence-electron chi connectivity index (χ0n) is 14.6. The number of carboxylic acid groups (broad SMARTS) is 1. The third kappa shape index (κ3) is 4.50. The molecule has 1 aromatic carbocycles. The van der Waals surface area contributed by atoms with Gasteiger partial charge in [0.1, 0.15) is 18.0 Å². The second-order valence-electron chi connectivity index (χ2n) is 5.57. The van der Waals surface area contributed by atoms with Crippen LogP contribution in [0.5, 0.6) is 11.5 Å². The van der Waals surface area contributed by atoms with E-state index in [9.17, 15) is 9.59 Å². The Morgan fingerprint density at radius 2 is 1.76 bits per heavy atom. The fourth-order valence-corrected chi connectivity index (χ4v) is 2.37. The molecule has 1 N–H and O–H groups in total. The zero-order valence-corrected chi connectivity index (χ0v) is 14.6. The Hall–Kier alpha value is -3.03. The Bertz CT molecular complexity index is 743. The molecular weight excluding hydrogens is 326 g/mol. The monoisotopic (exact) mass is 347 g/mol. The normalized spacial score (nSPS) is 10.4. The van der Waals surface area contributed by atoms with Crippen LogP contribution in [0.4, 0.5) is 0 Å². The van der Waals surface area contributed by atoms with Gasteiger partial charge < -0.3 is 19.5 Å². The highest BCUT2D eigenvalue weighted by Crippen LogP contribution is 2.24. The number of aliphatic carboxylic acids is 1. The molecule has 0 radical (unpaired) electrons. The molecule has 0 fully saturated rings. The van der Waals surface area contributed by atoms with E-state index in [0.717, 1.165) is 5.69 Å². The first-order valence-corrected chi connectivity index (χ1v) is 7.57. The minimum atomic E-state index is -1.10. The molecule has 0 spiro atoms. The van der Waals surface area contributed by atoms with Crippen LogP contribution in [0.3, 0.4) is 0 Å². The van der Waals surface area contributed by atoms with Crippen molar-refractivity contribution in [2.45, 2.75) is 13.5 Å². The van der Waals surface area contributed by atoms with E-state index < -0.39 is 18.4 Å². The second-order valence-corrected chi connectivity index (χ2v) is 5.57. The summed E-state index contributed by atoms with van der Waals surface area (Å²) in [7, 11) is 4.77. The summed E-state index contributed by atoms with van der Waals surface area (Å²) >= 11 is 0. The number of aromatic nitrogens is 2. The summed E-state index contributed by atoms with van der Waals surface area (Å²) in [5.41, 5.74) is 1.70. The third-order valence-corrected chi connectivity index (χ3v) is 3.73. The van der Waals surface area contributed by atoms with E-state index in [1.807, 2.05) is 6.92 Å². The van der Waals surface area contributed by atoms with Gasteiger partial charge >= 0.3 is 5.97 Å². The number of nitrogens with zero attached hydrogens (tertiary/aromatic N) is 3. The molecule has 0 bridgehead atoms. The van der Waals surface area contributed by atoms with Gasteiger partial charge in [-0.3, -0.25) is 14.3 Å². The van der Waals surface area contributed by atoms with E-state index in [2.05, 4.69) is 5.10 Å². The maximum Gasteiger partial charge on any atom is 0.323 e. The molecule has 0 unspecified atom stereocenters. The van der Waals surface area contributed by atoms with Crippen molar-refractivity contribution in [2.75, 3.05) is 20.8 Å². The number of aryl methyl sites for hydroxylation is 2. The molecule has 2 rings (SSSR count). The molecule has 1 aromatic heterocycles. The molecule has 1 amide bonds. The van der Waals surface area contributed by atoms with Crippen LogP contribution in [0.1, 0.15) is 21.7 Å². The Labute approximate surface area is 145 Å². The SMILES string of the molecule is COc1cc(CN(CC(=O)O)C(=O)c2cc(C)n(C)n2)cc(OC)c1. The van der Waals surface area contributed by atoms with Gasteiger partial charge in [-0.2, -0.15) is 5.10 Å². The van der Waals surface area contributed by atoms with Crippen LogP contribution in [0.25, 0.3) is 0 Å². The average molecular weight is 347 g/mol. The quantitative estimate of drug-likeness (QED) is 0.815. The lowest BCUT2D eigenvalue weighted by atomic mass is 10.1. The average Bonchev–Trinajstić information content (AvgIpc) is 2.91. The predicted octanol–water partition coefficient (Wildman–Crippen LogP) is 1.47. The summed E-state index contributed by atoms with van der Waals surface area (Å²) in [4.78, 5) is 25.1. The van der Waals surface area contributed by atoms with E-state index in [-0.39, 0.29) is 12.2 Å². The predicted molar refractivity (Wildman–Crippen MR) is 89.9 cm³/mol. The Morgan fingerprint density at radius 3 is 2.20 bits per heavy atom. The number of benzene rings is 1. The van der Waals surface area contributed by atoms with E-state index in [1.54, 1.807) is 36.0 Å². The lowest BCUT2D eigenvalue weighted by molar-refractivity contribution is -0.137. The molecule has 0 atom stereocenters. The second kappa shape index (κ2) is 7.69. The Balaban J connectivity index is 2.31. The van der Waals surface area contributed by atoms with Gasteiger partial charge in [-0.25, -0.2) is 0 Å². The molecule has 0 aliphatic carbocycles. The largest absolute Gasteiger partial charge is 0.497 e. The maximum atomic E-state index is 12.7. The summed E-state index contributed by atoms with van der Waals surface area (Å²) in [6.07, 6.45) is 0. The first-order chi connectivity index (χ1) is 11.8. The van der Waals surface area contributed by atoms with Crippen LogP contribution in [0.2, 0.25) is 0 Å². The lowest BCUT2D eigenvalue weighted by Crippen LogP contribution is -2.35. The van der Waals surface area contributed by atoms with E-state index in [1.165, 1.54) is 19.1 Å². The van der Waals surface area contributed by atoms with Crippen molar-refractivity contribution in [3.05, 3.63) is 41.2 Å². The standard InChI is InChI=1S/C17H21N3O5/c1-11-5-15(18-19(11)2)17(23)20(10-16(21)22)9-12-6-13(24-3)8-14(7-12)25-4/h5-8H,9-10H2,1-4H3,(H,21,22).